The van der Waals surface area contributed by atoms with Crippen LogP contribution in [0.25, 0.3) is 0 Å². The third-order valence-corrected chi connectivity index (χ3v) is 4.85. The van der Waals surface area contributed by atoms with Crippen LogP contribution in [0.5, 0.6) is 5.75 Å². The zero-order valence-corrected chi connectivity index (χ0v) is 16.0. The summed E-state index contributed by atoms with van der Waals surface area (Å²) in [4.78, 5) is 27.3. The Morgan fingerprint density at radius 3 is 2.74 bits per heavy atom. The molecule has 2 aromatic carbocycles. The average Bonchev–Trinajstić information content (AvgIpc) is 2.67. The first-order chi connectivity index (χ1) is 13.0. The average molecular weight is 389 g/mol. The van der Waals surface area contributed by atoms with E-state index in [1.807, 2.05) is 12.1 Å². The van der Waals surface area contributed by atoms with Gasteiger partial charge in [0.15, 0.2) is 0 Å². The van der Waals surface area contributed by atoms with Crippen molar-refractivity contribution in [2.75, 3.05) is 39.2 Å². The van der Waals surface area contributed by atoms with Gasteiger partial charge in [-0.15, -0.1) is 0 Å². The summed E-state index contributed by atoms with van der Waals surface area (Å²) in [6.45, 7) is 1.15. The third-order valence-electron chi connectivity index (χ3n) is 4.56. The molecule has 0 aromatic heterocycles. The van der Waals surface area contributed by atoms with Crippen molar-refractivity contribution in [2.45, 2.75) is 5.92 Å². The van der Waals surface area contributed by atoms with E-state index in [9.17, 15) is 9.59 Å². The number of rotatable bonds is 6. The van der Waals surface area contributed by atoms with E-state index in [0.29, 0.717) is 41.7 Å². The predicted octanol–water partition coefficient (Wildman–Crippen LogP) is 3.17. The number of hydrogen-bond acceptors (Lipinski definition) is 4. The Kier molecular flexibility index (Phi) is 5.98. The molecule has 7 heteroatoms. The van der Waals surface area contributed by atoms with Crippen molar-refractivity contribution in [3.05, 3.63) is 58.6 Å². The molecule has 0 aliphatic carbocycles. The molecule has 1 atom stereocenters. The molecule has 0 fully saturated rings. The lowest BCUT2D eigenvalue weighted by atomic mass is 9.88. The standard InChI is InChI=1S/C20H21ClN2O4/c1-26-10-9-23-12-16(14-5-3-4-6-15(14)20(23)25)19(24)22-13-7-8-18(27-2)17(21)11-13/h3-8,11,16H,9-10,12H2,1-2H3,(H,22,24)/t16-/m0/s1. The van der Waals surface area contributed by atoms with Crippen molar-refractivity contribution in [3.8, 4) is 5.75 Å². The SMILES string of the molecule is COCCN1C[C@H](C(=O)Nc2ccc(OC)c(Cl)c2)c2ccccc2C1=O. The molecule has 0 unspecified atom stereocenters. The normalized spacial score (nSPS) is 16.0. The molecule has 1 heterocycles. The topological polar surface area (TPSA) is 67.9 Å². The summed E-state index contributed by atoms with van der Waals surface area (Å²) in [5.41, 5.74) is 1.85. The van der Waals surface area contributed by atoms with Crippen molar-refractivity contribution in [3.63, 3.8) is 0 Å². The molecule has 0 bridgehead atoms. The molecule has 6 nitrogen and oxygen atoms in total. The molecular weight excluding hydrogens is 368 g/mol. The lowest BCUT2D eigenvalue weighted by molar-refractivity contribution is -0.118. The van der Waals surface area contributed by atoms with E-state index in [-0.39, 0.29) is 11.8 Å². The minimum atomic E-state index is -0.475. The van der Waals surface area contributed by atoms with Crippen LogP contribution in [0.4, 0.5) is 5.69 Å². The van der Waals surface area contributed by atoms with Gasteiger partial charge in [-0.2, -0.15) is 0 Å². The summed E-state index contributed by atoms with van der Waals surface area (Å²) in [6.07, 6.45) is 0. The number of anilines is 1. The number of methoxy groups -OCH3 is 2. The number of nitrogens with zero attached hydrogens (tertiary/aromatic N) is 1. The zero-order chi connectivity index (χ0) is 19.4. The first kappa shape index (κ1) is 19.2. The van der Waals surface area contributed by atoms with E-state index in [2.05, 4.69) is 5.32 Å². The van der Waals surface area contributed by atoms with Gasteiger partial charge in [0.2, 0.25) is 5.91 Å². The minimum absolute atomic E-state index is 0.0841. The Morgan fingerprint density at radius 1 is 1.26 bits per heavy atom. The summed E-state index contributed by atoms with van der Waals surface area (Å²) in [7, 11) is 3.12. The largest absolute Gasteiger partial charge is 0.495 e. The molecule has 0 radical (unpaired) electrons. The maximum absolute atomic E-state index is 13.0. The number of halogens is 1. The van der Waals surface area contributed by atoms with E-state index < -0.39 is 5.92 Å². The number of carbonyl (C=O) groups is 2. The molecule has 2 aromatic rings. The molecule has 142 valence electrons. The Labute approximate surface area is 163 Å². The molecule has 27 heavy (non-hydrogen) atoms. The summed E-state index contributed by atoms with van der Waals surface area (Å²) in [6, 6.07) is 12.3. The van der Waals surface area contributed by atoms with E-state index in [1.54, 1.807) is 42.3 Å². The van der Waals surface area contributed by atoms with Crippen molar-refractivity contribution in [1.29, 1.82) is 0 Å². The lowest BCUT2D eigenvalue weighted by Gasteiger charge is -2.33. The Balaban J connectivity index is 1.85. The number of hydrogen-bond donors (Lipinski definition) is 1. The highest BCUT2D eigenvalue weighted by molar-refractivity contribution is 6.32. The first-order valence-electron chi connectivity index (χ1n) is 8.56. The quantitative estimate of drug-likeness (QED) is 0.825. The number of carbonyl (C=O) groups excluding carboxylic acids is 2. The molecule has 3 rings (SSSR count). The summed E-state index contributed by atoms with van der Waals surface area (Å²) in [5.74, 6) is -0.219. The molecule has 2 amide bonds. The van der Waals surface area contributed by atoms with E-state index in [0.717, 1.165) is 5.56 Å². The molecule has 1 N–H and O–H groups in total. The number of ether oxygens (including phenoxy) is 2. The van der Waals surface area contributed by atoms with Crippen LogP contribution >= 0.6 is 11.6 Å². The van der Waals surface area contributed by atoms with Crippen molar-refractivity contribution in [1.82, 2.24) is 4.90 Å². The van der Waals surface area contributed by atoms with E-state index in [1.165, 1.54) is 7.11 Å². The van der Waals surface area contributed by atoms with Gasteiger partial charge >= 0.3 is 0 Å². The van der Waals surface area contributed by atoms with Crippen LogP contribution in [0.1, 0.15) is 21.8 Å². The number of benzene rings is 2. The van der Waals surface area contributed by atoms with Gasteiger partial charge < -0.3 is 19.7 Å². The van der Waals surface area contributed by atoms with Gasteiger partial charge in [-0.1, -0.05) is 29.8 Å². The molecular formula is C20H21ClN2O4. The fraction of sp³-hybridized carbons (Fsp3) is 0.300. The second-order valence-electron chi connectivity index (χ2n) is 6.22. The van der Waals surface area contributed by atoms with Gasteiger partial charge in [0.05, 0.1) is 24.7 Å². The van der Waals surface area contributed by atoms with Crippen LogP contribution in [0.15, 0.2) is 42.5 Å². The predicted molar refractivity (Wildman–Crippen MR) is 104 cm³/mol. The van der Waals surface area contributed by atoms with Crippen LogP contribution < -0.4 is 10.1 Å². The zero-order valence-electron chi connectivity index (χ0n) is 15.2. The summed E-state index contributed by atoms with van der Waals surface area (Å²) >= 11 is 6.14. The van der Waals surface area contributed by atoms with Crippen molar-refractivity contribution < 1.29 is 19.1 Å². The number of fused-ring (bicyclic) bond motifs is 1. The molecule has 0 saturated carbocycles. The fourth-order valence-corrected chi connectivity index (χ4v) is 3.42. The Hall–Kier alpha value is -2.57. The smallest absolute Gasteiger partial charge is 0.254 e. The lowest BCUT2D eigenvalue weighted by Crippen LogP contribution is -2.44. The molecule has 0 saturated heterocycles. The van der Waals surface area contributed by atoms with Gasteiger partial charge in [0.25, 0.3) is 5.91 Å². The van der Waals surface area contributed by atoms with E-state index in [4.69, 9.17) is 21.1 Å². The Bertz CT molecular complexity index is 856. The van der Waals surface area contributed by atoms with Gasteiger partial charge in [0, 0.05) is 31.5 Å². The van der Waals surface area contributed by atoms with Crippen LogP contribution in [0.3, 0.4) is 0 Å². The highest BCUT2D eigenvalue weighted by Gasteiger charge is 2.34. The second-order valence-corrected chi connectivity index (χ2v) is 6.63. The van der Waals surface area contributed by atoms with Gasteiger partial charge in [0.1, 0.15) is 5.75 Å². The minimum Gasteiger partial charge on any atom is -0.495 e. The number of nitrogens with one attached hydrogen (secondary N) is 1. The molecule has 0 spiro atoms. The van der Waals surface area contributed by atoms with Gasteiger partial charge in [-0.25, -0.2) is 0 Å². The maximum Gasteiger partial charge on any atom is 0.254 e. The van der Waals surface area contributed by atoms with Crippen LogP contribution in [-0.4, -0.2) is 50.6 Å². The Morgan fingerprint density at radius 2 is 2.04 bits per heavy atom. The van der Waals surface area contributed by atoms with Crippen LogP contribution in [0, 0.1) is 0 Å². The van der Waals surface area contributed by atoms with Crippen molar-refractivity contribution >= 4 is 29.1 Å². The van der Waals surface area contributed by atoms with Crippen LogP contribution in [-0.2, 0) is 9.53 Å². The van der Waals surface area contributed by atoms with Gasteiger partial charge in [-0.3, -0.25) is 9.59 Å². The van der Waals surface area contributed by atoms with E-state index >= 15 is 0 Å². The summed E-state index contributed by atoms with van der Waals surface area (Å²) in [5, 5.41) is 3.30. The highest BCUT2D eigenvalue weighted by atomic mass is 35.5. The molecule has 1 aliphatic rings. The molecule has 1 aliphatic heterocycles. The number of amides is 2. The van der Waals surface area contributed by atoms with Gasteiger partial charge in [-0.05, 0) is 29.8 Å². The fourth-order valence-electron chi connectivity index (χ4n) is 3.16. The van der Waals surface area contributed by atoms with Crippen molar-refractivity contribution in [2.24, 2.45) is 0 Å². The summed E-state index contributed by atoms with van der Waals surface area (Å²) < 4.78 is 10.2. The maximum atomic E-state index is 13.0. The monoisotopic (exact) mass is 388 g/mol. The third kappa shape index (κ3) is 4.07. The second kappa shape index (κ2) is 8.41. The highest BCUT2D eigenvalue weighted by Crippen LogP contribution is 2.31. The van der Waals surface area contributed by atoms with Crippen LogP contribution in [0.2, 0.25) is 5.02 Å². The first-order valence-corrected chi connectivity index (χ1v) is 8.94.